The van der Waals surface area contributed by atoms with Gasteiger partial charge in [-0.1, -0.05) is 32.0 Å². The van der Waals surface area contributed by atoms with Gasteiger partial charge in [-0.2, -0.15) is 0 Å². The minimum absolute atomic E-state index is 0.0760. The molecule has 3 N–H and O–H groups in total. The number of thioether (sulfide) groups is 1. The van der Waals surface area contributed by atoms with E-state index in [2.05, 4.69) is 9.97 Å². The summed E-state index contributed by atoms with van der Waals surface area (Å²) in [7, 11) is 0. The number of nitrogens with one attached hydrogen (secondary N) is 1. The van der Waals surface area contributed by atoms with Crippen molar-refractivity contribution in [1.82, 2.24) is 9.97 Å². The van der Waals surface area contributed by atoms with Crippen molar-refractivity contribution < 1.29 is 0 Å². The second-order valence-corrected chi connectivity index (χ2v) is 5.62. The number of H-pyrrole nitrogens is 1. The number of hydrogen-bond acceptors (Lipinski definition) is 4. The van der Waals surface area contributed by atoms with Crippen LogP contribution in [-0.2, 0) is 5.75 Å². The monoisotopic (exact) mass is 275 g/mol. The number of nitrogen functional groups attached to an aromatic ring is 1. The summed E-state index contributed by atoms with van der Waals surface area (Å²) < 4.78 is 0. The van der Waals surface area contributed by atoms with E-state index in [-0.39, 0.29) is 11.5 Å². The average Bonchev–Trinajstić information content (AvgIpc) is 2.36. The van der Waals surface area contributed by atoms with Gasteiger partial charge >= 0.3 is 0 Å². The predicted molar refractivity (Wildman–Crippen MR) is 79.4 cm³/mol. The molecule has 0 saturated carbocycles. The lowest BCUT2D eigenvalue weighted by molar-refractivity contribution is 0.824. The van der Waals surface area contributed by atoms with E-state index >= 15 is 0 Å². The molecule has 2 rings (SSSR count). The number of aromatic amines is 1. The Balaban J connectivity index is 2.17. The van der Waals surface area contributed by atoms with Crippen LogP contribution in [0.15, 0.2) is 40.0 Å². The van der Waals surface area contributed by atoms with Crippen LogP contribution >= 0.6 is 11.8 Å². The highest BCUT2D eigenvalue weighted by Gasteiger charge is 2.12. The van der Waals surface area contributed by atoms with Gasteiger partial charge in [-0.3, -0.25) is 4.79 Å². The summed E-state index contributed by atoms with van der Waals surface area (Å²) in [5, 5.41) is 0. The lowest BCUT2D eigenvalue weighted by atomic mass is 10.1. The Kier molecular flexibility index (Phi) is 4.27. The summed E-state index contributed by atoms with van der Waals surface area (Å²) in [6.07, 6.45) is 0. The SMILES string of the molecule is CC(C)c1c(N)nc(CSc2ccccc2)[nH]c1=O. The highest BCUT2D eigenvalue weighted by molar-refractivity contribution is 7.98. The first-order valence-electron chi connectivity index (χ1n) is 6.14. The normalized spacial score (nSPS) is 10.9. The minimum atomic E-state index is -0.133. The maximum atomic E-state index is 11.9. The topological polar surface area (TPSA) is 71.8 Å². The summed E-state index contributed by atoms with van der Waals surface area (Å²) in [4.78, 5) is 20.1. The number of nitrogens with zero attached hydrogens (tertiary/aromatic N) is 1. The number of aromatic nitrogens is 2. The van der Waals surface area contributed by atoms with Crippen LogP contribution < -0.4 is 11.3 Å². The lowest BCUT2D eigenvalue weighted by Crippen LogP contribution is -2.20. The van der Waals surface area contributed by atoms with Gasteiger partial charge in [0.25, 0.3) is 5.56 Å². The number of rotatable bonds is 4. The molecule has 0 unspecified atom stereocenters. The molecule has 100 valence electrons. The fraction of sp³-hybridized carbons (Fsp3) is 0.286. The van der Waals surface area contributed by atoms with Gasteiger partial charge in [0, 0.05) is 4.90 Å². The third-order valence-electron chi connectivity index (χ3n) is 2.73. The van der Waals surface area contributed by atoms with Crippen molar-refractivity contribution in [3.63, 3.8) is 0 Å². The van der Waals surface area contributed by atoms with Gasteiger partial charge in [-0.05, 0) is 18.1 Å². The second-order valence-electron chi connectivity index (χ2n) is 4.57. The molecule has 0 aliphatic carbocycles. The summed E-state index contributed by atoms with van der Waals surface area (Å²) in [5.74, 6) is 1.62. The summed E-state index contributed by atoms with van der Waals surface area (Å²) >= 11 is 1.62. The third-order valence-corrected chi connectivity index (χ3v) is 3.75. The molecule has 19 heavy (non-hydrogen) atoms. The molecular weight excluding hydrogens is 258 g/mol. The van der Waals surface area contributed by atoms with Gasteiger partial charge in [0.2, 0.25) is 0 Å². The van der Waals surface area contributed by atoms with Crippen molar-refractivity contribution in [3.8, 4) is 0 Å². The zero-order chi connectivity index (χ0) is 13.8. The van der Waals surface area contributed by atoms with Gasteiger partial charge in [0.05, 0.1) is 11.3 Å². The highest BCUT2D eigenvalue weighted by atomic mass is 32.2. The summed E-state index contributed by atoms with van der Waals surface area (Å²) in [5.41, 5.74) is 6.28. The fourth-order valence-corrected chi connectivity index (χ4v) is 2.63. The Labute approximate surface area is 116 Å². The van der Waals surface area contributed by atoms with E-state index in [0.717, 1.165) is 4.90 Å². The smallest absolute Gasteiger partial charge is 0.256 e. The maximum Gasteiger partial charge on any atom is 0.256 e. The number of nitrogens with two attached hydrogens (primary N) is 1. The molecule has 1 heterocycles. The van der Waals surface area contributed by atoms with E-state index in [1.54, 1.807) is 11.8 Å². The molecule has 4 nitrogen and oxygen atoms in total. The van der Waals surface area contributed by atoms with E-state index in [4.69, 9.17) is 5.73 Å². The molecule has 0 bridgehead atoms. The zero-order valence-corrected chi connectivity index (χ0v) is 11.8. The Bertz CT molecular complexity index is 608. The molecule has 0 aliphatic heterocycles. The van der Waals surface area contributed by atoms with Gasteiger partial charge < -0.3 is 10.7 Å². The largest absolute Gasteiger partial charge is 0.383 e. The quantitative estimate of drug-likeness (QED) is 0.842. The average molecular weight is 275 g/mol. The van der Waals surface area contributed by atoms with E-state index in [1.165, 1.54) is 0 Å². The van der Waals surface area contributed by atoms with Crippen LogP contribution in [0, 0.1) is 0 Å². The molecule has 2 aromatic rings. The highest BCUT2D eigenvalue weighted by Crippen LogP contribution is 2.21. The van der Waals surface area contributed by atoms with Crippen molar-refractivity contribution in [3.05, 3.63) is 52.1 Å². The van der Waals surface area contributed by atoms with Crippen molar-refractivity contribution in [1.29, 1.82) is 0 Å². The summed E-state index contributed by atoms with van der Waals surface area (Å²) in [6, 6.07) is 9.98. The molecule has 1 aromatic carbocycles. The van der Waals surface area contributed by atoms with Crippen LogP contribution in [0.2, 0.25) is 0 Å². The Morgan fingerprint density at radius 1 is 1.32 bits per heavy atom. The molecule has 0 radical (unpaired) electrons. The molecule has 0 saturated heterocycles. The molecule has 1 aromatic heterocycles. The van der Waals surface area contributed by atoms with Crippen LogP contribution in [0.4, 0.5) is 5.82 Å². The first kappa shape index (κ1) is 13.7. The first-order valence-corrected chi connectivity index (χ1v) is 7.13. The number of hydrogen-bond donors (Lipinski definition) is 2. The van der Waals surface area contributed by atoms with Gasteiger partial charge in [0.1, 0.15) is 11.6 Å². The van der Waals surface area contributed by atoms with Gasteiger partial charge in [-0.25, -0.2) is 4.98 Å². The van der Waals surface area contributed by atoms with Crippen LogP contribution in [0.3, 0.4) is 0 Å². The van der Waals surface area contributed by atoms with Crippen molar-refractivity contribution in [2.45, 2.75) is 30.4 Å². The Hall–Kier alpha value is -1.75. The van der Waals surface area contributed by atoms with Crippen molar-refractivity contribution >= 4 is 17.6 Å². The minimum Gasteiger partial charge on any atom is -0.383 e. The van der Waals surface area contributed by atoms with E-state index in [1.807, 2.05) is 44.2 Å². The second kappa shape index (κ2) is 5.93. The predicted octanol–water partition coefficient (Wildman–Crippen LogP) is 2.77. The van der Waals surface area contributed by atoms with Crippen molar-refractivity contribution in [2.75, 3.05) is 5.73 Å². The Morgan fingerprint density at radius 2 is 2.00 bits per heavy atom. The van der Waals surface area contributed by atoms with Gasteiger partial charge in [0.15, 0.2) is 0 Å². The first-order chi connectivity index (χ1) is 9.08. The third kappa shape index (κ3) is 3.38. The van der Waals surface area contributed by atoms with Gasteiger partial charge in [-0.15, -0.1) is 11.8 Å². The molecule has 0 aliphatic rings. The van der Waals surface area contributed by atoms with Crippen molar-refractivity contribution in [2.24, 2.45) is 0 Å². The van der Waals surface area contributed by atoms with Crippen LogP contribution in [-0.4, -0.2) is 9.97 Å². The molecule has 0 fully saturated rings. The standard InChI is InChI=1S/C14H17N3OS/c1-9(2)12-13(15)16-11(17-14(12)18)8-19-10-6-4-3-5-7-10/h3-7,9H,8H2,1-2H3,(H3,15,16,17,18). The van der Waals surface area contributed by atoms with E-state index < -0.39 is 0 Å². The lowest BCUT2D eigenvalue weighted by Gasteiger charge is -2.09. The molecule has 5 heteroatoms. The van der Waals surface area contributed by atoms with Crippen LogP contribution in [0.1, 0.15) is 31.2 Å². The number of anilines is 1. The van der Waals surface area contributed by atoms with Crippen LogP contribution in [0.5, 0.6) is 0 Å². The molecule has 0 amide bonds. The van der Waals surface area contributed by atoms with E-state index in [9.17, 15) is 4.79 Å². The summed E-state index contributed by atoms with van der Waals surface area (Å²) in [6.45, 7) is 3.86. The molecule has 0 atom stereocenters. The number of benzene rings is 1. The maximum absolute atomic E-state index is 11.9. The van der Waals surface area contributed by atoms with E-state index in [0.29, 0.717) is 23.0 Å². The fourth-order valence-electron chi connectivity index (χ4n) is 1.84. The molecular formula is C14H17N3OS. The Morgan fingerprint density at radius 3 is 2.58 bits per heavy atom. The molecule has 0 spiro atoms. The zero-order valence-electron chi connectivity index (χ0n) is 11.0. The van der Waals surface area contributed by atoms with Crippen LogP contribution in [0.25, 0.3) is 0 Å².